The second kappa shape index (κ2) is 7.19. The van der Waals surface area contributed by atoms with E-state index in [9.17, 15) is 0 Å². The lowest BCUT2D eigenvalue weighted by atomic mass is 9.72. The molecule has 20 heavy (non-hydrogen) atoms. The van der Waals surface area contributed by atoms with E-state index in [1.165, 1.54) is 18.4 Å². The van der Waals surface area contributed by atoms with E-state index in [-0.39, 0.29) is 0 Å². The normalized spacial score (nSPS) is 30.6. The lowest BCUT2D eigenvalue weighted by molar-refractivity contribution is 0.113. The minimum Gasteiger partial charge on any atom is -0.317 e. The van der Waals surface area contributed by atoms with Gasteiger partial charge in [0.1, 0.15) is 0 Å². The van der Waals surface area contributed by atoms with Crippen molar-refractivity contribution in [2.24, 2.45) is 17.8 Å². The highest BCUT2D eigenvalue weighted by Gasteiger charge is 2.33. The van der Waals surface area contributed by atoms with Crippen molar-refractivity contribution in [3.05, 3.63) is 30.1 Å². The molecule has 112 valence electrons. The molecule has 1 aliphatic rings. The molecule has 1 fully saturated rings. The first kappa shape index (κ1) is 15.5. The lowest BCUT2D eigenvalue weighted by Crippen LogP contribution is -2.47. The van der Waals surface area contributed by atoms with Crippen molar-refractivity contribution in [2.75, 3.05) is 20.6 Å². The summed E-state index contributed by atoms with van der Waals surface area (Å²) < 4.78 is 0. The Kier molecular flexibility index (Phi) is 5.55. The van der Waals surface area contributed by atoms with Gasteiger partial charge in [0.05, 0.1) is 0 Å². The highest BCUT2D eigenvalue weighted by molar-refractivity contribution is 5.08. The van der Waals surface area contributed by atoms with Crippen molar-refractivity contribution in [2.45, 2.75) is 39.3 Å². The first-order chi connectivity index (χ1) is 9.60. The Bertz CT molecular complexity index is 392. The first-order valence-corrected chi connectivity index (χ1v) is 7.84. The Morgan fingerprint density at radius 1 is 1.35 bits per heavy atom. The minimum atomic E-state index is 0.657. The molecule has 1 aromatic rings. The van der Waals surface area contributed by atoms with Crippen LogP contribution in [0.15, 0.2) is 24.5 Å². The van der Waals surface area contributed by atoms with Crippen LogP contribution >= 0.6 is 0 Å². The van der Waals surface area contributed by atoms with Gasteiger partial charge in [-0.25, -0.2) is 0 Å². The summed E-state index contributed by atoms with van der Waals surface area (Å²) in [5, 5.41) is 3.55. The molecule has 3 nitrogen and oxygen atoms in total. The maximum atomic E-state index is 4.20. The molecule has 4 atom stereocenters. The van der Waals surface area contributed by atoms with Crippen molar-refractivity contribution < 1.29 is 0 Å². The van der Waals surface area contributed by atoms with Crippen molar-refractivity contribution >= 4 is 0 Å². The van der Waals surface area contributed by atoms with Gasteiger partial charge >= 0.3 is 0 Å². The summed E-state index contributed by atoms with van der Waals surface area (Å²) in [6, 6.07) is 4.83. The molecule has 0 spiro atoms. The van der Waals surface area contributed by atoms with E-state index in [0.29, 0.717) is 6.04 Å². The smallest absolute Gasteiger partial charge is 0.0312 e. The number of rotatable bonds is 5. The van der Waals surface area contributed by atoms with Crippen LogP contribution in [-0.2, 0) is 6.54 Å². The summed E-state index contributed by atoms with van der Waals surface area (Å²) in [7, 11) is 4.34. The molecule has 3 heteroatoms. The third-order valence-electron chi connectivity index (χ3n) is 4.75. The maximum Gasteiger partial charge on any atom is 0.0312 e. The quantitative estimate of drug-likeness (QED) is 0.895. The second-order valence-electron chi connectivity index (χ2n) is 6.67. The summed E-state index contributed by atoms with van der Waals surface area (Å²) in [6.45, 7) is 6.95. The molecule has 0 aliphatic heterocycles. The van der Waals surface area contributed by atoms with Crippen LogP contribution in [0.1, 0.15) is 32.3 Å². The SMILES string of the molecule is CNC1CC(C)CC(C)C1CN(C)Cc1cccnc1. The van der Waals surface area contributed by atoms with E-state index >= 15 is 0 Å². The van der Waals surface area contributed by atoms with Crippen LogP contribution in [0.3, 0.4) is 0 Å². The monoisotopic (exact) mass is 275 g/mol. The molecule has 1 aliphatic carbocycles. The Morgan fingerprint density at radius 3 is 2.80 bits per heavy atom. The van der Waals surface area contributed by atoms with Crippen LogP contribution in [0.5, 0.6) is 0 Å². The first-order valence-electron chi connectivity index (χ1n) is 7.84. The Morgan fingerprint density at radius 2 is 2.15 bits per heavy atom. The van der Waals surface area contributed by atoms with Gasteiger partial charge < -0.3 is 10.2 Å². The summed E-state index contributed by atoms with van der Waals surface area (Å²) in [5.74, 6) is 2.40. The molecule has 1 aromatic heterocycles. The molecular weight excluding hydrogens is 246 g/mol. The number of nitrogens with one attached hydrogen (secondary N) is 1. The average Bonchev–Trinajstić information content (AvgIpc) is 2.42. The molecule has 0 radical (unpaired) electrons. The zero-order chi connectivity index (χ0) is 14.5. The second-order valence-corrected chi connectivity index (χ2v) is 6.67. The third kappa shape index (κ3) is 4.03. The van der Waals surface area contributed by atoms with Crippen LogP contribution < -0.4 is 5.32 Å². The van der Waals surface area contributed by atoms with E-state index < -0.39 is 0 Å². The average molecular weight is 275 g/mol. The third-order valence-corrected chi connectivity index (χ3v) is 4.75. The predicted octanol–water partition coefficient (Wildman–Crippen LogP) is 2.78. The van der Waals surface area contributed by atoms with Crippen LogP contribution in [0.25, 0.3) is 0 Å². The van der Waals surface area contributed by atoms with Crippen LogP contribution in [0, 0.1) is 17.8 Å². The zero-order valence-electron chi connectivity index (χ0n) is 13.3. The summed E-state index contributed by atoms with van der Waals surface area (Å²) >= 11 is 0. The van der Waals surface area contributed by atoms with Gasteiger partial charge in [0.2, 0.25) is 0 Å². The van der Waals surface area contributed by atoms with Crippen LogP contribution in [-0.4, -0.2) is 36.6 Å². The van der Waals surface area contributed by atoms with Gasteiger partial charge in [0, 0.05) is 31.5 Å². The fourth-order valence-corrected chi connectivity index (χ4v) is 3.78. The summed E-state index contributed by atoms with van der Waals surface area (Å²) in [4.78, 5) is 6.64. The molecule has 0 saturated heterocycles. The van der Waals surface area contributed by atoms with Gasteiger partial charge in [0.25, 0.3) is 0 Å². The molecule has 0 aromatic carbocycles. The standard InChI is InChI=1S/C17H29N3/c1-13-8-14(2)16(17(9-13)18-3)12-20(4)11-15-6-5-7-19-10-15/h5-7,10,13-14,16-18H,8-9,11-12H2,1-4H3. The predicted molar refractivity (Wildman–Crippen MR) is 84.5 cm³/mol. The van der Waals surface area contributed by atoms with E-state index in [1.54, 1.807) is 0 Å². The van der Waals surface area contributed by atoms with Gasteiger partial charge in [0.15, 0.2) is 0 Å². The lowest BCUT2D eigenvalue weighted by Gasteiger charge is -2.41. The highest BCUT2D eigenvalue weighted by Crippen LogP contribution is 2.34. The molecule has 1 N–H and O–H groups in total. The Hall–Kier alpha value is -0.930. The van der Waals surface area contributed by atoms with Crippen LogP contribution in [0.2, 0.25) is 0 Å². The molecular formula is C17H29N3. The topological polar surface area (TPSA) is 28.2 Å². The van der Waals surface area contributed by atoms with E-state index in [4.69, 9.17) is 0 Å². The molecule has 0 amide bonds. The molecule has 0 bridgehead atoms. The van der Waals surface area contributed by atoms with E-state index in [0.717, 1.165) is 30.8 Å². The minimum absolute atomic E-state index is 0.657. The van der Waals surface area contributed by atoms with Crippen molar-refractivity contribution in [1.29, 1.82) is 0 Å². The number of hydrogen-bond acceptors (Lipinski definition) is 3. The zero-order valence-corrected chi connectivity index (χ0v) is 13.3. The summed E-state index contributed by atoms with van der Waals surface area (Å²) in [5.41, 5.74) is 1.30. The number of nitrogens with zero attached hydrogens (tertiary/aromatic N) is 2. The molecule has 2 rings (SSSR count). The molecule has 4 unspecified atom stereocenters. The van der Waals surface area contributed by atoms with Crippen molar-refractivity contribution in [1.82, 2.24) is 15.2 Å². The number of hydrogen-bond donors (Lipinski definition) is 1. The largest absolute Gasteiger partial charge is 0.317 e. The van der Waals surface area contributed by atoms with E-state index in [1.807, 2.05) is 18.5 Å². The van der Waals surface area contributed by atoms with Crippen molar-refractivity contribution in [3.63, 3.8) is 0 Å². The Balaban J connectivity index is 1.93. The number of pyridine rings is 1. The summed E-state index contributed by atoms with van der Waals surface area (Å²) in [6.07, 6.45) is 6.49. The van der Waals surface area contributed by atoms with Gasteiger partial charge in [-0.3, -0.25) is 4.98 Å². The maximum absolute atomic E-state index is 4.20. The van der Waals surface area contributed by atoms with Crippen LogP contribution in [0.4, 0.5) is 0 Å². The fraction of sp³-hybridized carbons (Fsp3) is 0.706. The van der Waals surface area contributed by atoms with Crippen molar-refractivity contribution in [3.8, 4) is 0 Å². The van der Waals surface area contributed by atoms with Gasteiger partial charge in [-0.15, -0.1) is 0 Å². The Labute approximate surface area is 123 Å². The van der Waals surface area contributed by atoms with Gasteiger partial charge in [-0.2, -0.15) is 0 Å². The molecule has 1 heterocycles. The van der Waals surface area contributed by atoms with E-state index in [2.05, 4.69) is 49.2 Å². The number of aromatic nitrogens is 1. The van der Waals surface area contributed by atoms with Gasteiger partial charge in [-0.1, -0.05) is 19.9 Å². The molecule has 1 saturated carbocycles. The highest BCUT2D eigenvalue weighted by atomic mass is 15.1. The van der Waals surface area contributed by atoms with Gasteiger partial charge in [-0.05, 0) is 56.3 Å². The fourth-order valence-electron chi connectivity index (χ4n) is 3.78.